The highest BCUT2D eigenvalue weighted by molar-refractivity contribution is 5.63. The van der Waals surface area contributed by atoms with Crippen LogP contribution in [-0.4, -0.2) is 58.0 Å². The maximum absolute atomic E-state index is 6.78. The first-order chi connectivity index (χ1) is 36.0. The molecule has 406 valence electrons. The third kappa shape index (κ3) is 24.3. The number of ether oxygens (including phenoxy) is 4. The number of benzene rings is 3. The molecular formula is C67H104N2O4. The summed E-state index contributed by atoms with van der Waals surface area (Å²) in [6.07, 6.45) is 36.2. The molecule has 6 nitrogen and oxygen atoms in total. The van der Waals surface area contributed by atoms with Crippen molar-refractivity contribution in [3.05, 3.63) is 76.3 Å². The normalized spacial score (nSPS) is 13.3. The van der Waals surface area contributed by atoms with Gasteiger partial charge in [0.2, 0.25) is 0 Å². The first-order valence-electron chi connectivity index (χ1n) is 30.4. The fraction of sp³-hybridized carbons (Fsp3) is 0.672. The second-order valence-corrected chi connectivity index (χ2v) is 21.1. The van der Waals surface area contributed by atoms with Crippen LogP contribution in [0.2, 0.25) is 0 Å². The topological polar surface area (TPSA) is 43.4 Å². The van der Waals surface area contributed by atoms with Gasteiger partial charge in [-0.2, -0.15) is 0 Å². The molecule has 0 aromatic heterocycles. The molecule has 0 spiro atoms. The Bertz CT molecular complexity index is 2010. The van der Waals surface area contributed by atoms with Gasteiger partial charge in [0.15, 0.2) is 0 Å². The summed E-state index contributed by atoms with van der Waals surface area (Å²) in [5.41, 5.74) is 6.01. The Hall–Kier alpha value is -4.26. The van der Waals surface area contributed by atoms with Crippen LogP contribution in [0.1, 0.15) is 268 Å². The number of hydrogen-bond acceptors (Lipinski definition) is 6. The van der Waals surface area contributed by atoms with E-state index in [1.807, 2.05) is 0 Å². The van der Waals surface area contributed by atoms with E-state index in [4.69, 9.17) is 18.9 Å². The van der Waals surface area contributed by atoms with Crippen molar-refractivity contribution in [2.24, 2.45) is 0 Å². The molecule has 1 atom stereocenters. The van der Waals surface area contributed by atoms with E-state index >= 15 is 0 Å². The van der Waals surface area contributed by atoms with Crippen LogP contribution in [0.15, 0.2) is 48.5 Å². The highest BCUT2D eigenvalue weighted by atomic mass is 16.5. The van der Waals surface area contributed by atoms with Crippen molar-refractivity contribution in [1.82, 2.24) is 4.90 Å². The number of nitrogens with zero attached hydrogens (tertiary/aromatic N) is 2. The first kappa shape index (κ1) is 61.3. The molecule has 1 aliphatic rings. The van der Waals surface area contributed by atoms with E-state index in [1.165, 1.54) is 159 Å². The standard InChI is InChI=1S/C67H104N2O4/c1-8-14-20-24-28-32-49-70-64-54-59(65(71-50-33-29-25-21-15-9-2)53-58(64)41-38-57-39-44-61(45-40-57)69(47-18-12-5)48-19-13-6)42-43-60-55-67(73-52-35-31-27-23-17-11-4)62(63-37-36-46-68(63)7)56-66(60)72-51-34-30-26-22-16-10-3/h39-40,44-45,53-56,63H,8-37,46-52H2,1-7H3. The van der Waals surface area contributed by atoms with Gasteiger partial charge >= 0.3 is 0 Å². The summed E-state index contributed by atoms with van der Waals surface area (Å²) in [7, 11) is 2.25. The molecule has 1 unspecified atom stereocenters. The number of likely N-dealkylation sites (tertiary alicyclic amines) is 1. The zero-order valence-corrected chi connectivity index (χ0v) is 47.9. The number of hydrogen-bond donors (Lipinski definition) is 0. The highest BCUT2D eigenvalue weighted by Gasteiger charge is 2.27. The van der Waals surface area contributed by atoms with E-state index in [0.29, 0.717) is 32.5 Å². The van der Waals surface area contributed by atoms with Gasteiger partial charge in [0.05, 0.1) is 43.1 Å². The quantitative estimate of drug-likeness (QED) is 0.0418. The predicted molar refractivity (Wildman–Crippen MR) is 313 cm³/mol. The maximum atomic E-state index is 6.78. The predicted octanol–water partition coefficient (Wildman–Crippen LogP) is 18.6. The van der Waals surface area contributed by atoms with Gasteiger partial charge < -0.3 is 23.8 Å². The van der Waals surface area contributed by atoms with Crippen LogP contribution in [0.25, 0.3) is 0 Å². The largest absolute Gasteiger partial charge is 0.493 e. The average molecular weight is 1000 g/mol. The third-order valence-corrected chi connectivity index (χ3v) is 14.6. The van der Waals surface area contributed by atoms with Crippen LogP contribution < -0.4 is 23.8 Å². The van der Waals surface area contributed by atoms with Crippen molar-refractivity contribution in [1.29, 1.82) is 0 Å². The van der Waals surface area contributed by atoms with Crippen LogP contribution in [0.4, 0.5) is 5.69 Å². The van der Waals surface area contributed by atoms with E-state index in [9.17, 15) is 0 Å². The molecule has 4 rings (SSSR count). The Labute approximate surface area is 448 Å². The van der Waals surface area contributed by atoms with Gasteiger partial charge in [-0.25, -0.2) is 0 Å². The summed E-state index contributed by atoms with van der Waals surface area (Å²) in [6, 6.07) is 17.8. The van der Waals surface area contributed by atoms with E-state index in [0.717, 1.165) is 110 Å². The van der Waals surface area contributed by atoms with Crippen molar-refractivity contribution in [2.75, 3.05) is 58.0 Å². The van der Waals surface area contributed by atoms with Gasteiger partial charge in [-0.1, -0.05) is 206 Å². The minimum Gasteiger partial charge on any atom is -0.493 e. The zero-order valence-electron chi connectivity index (χ0n) is 47.9. The number of unbranched alkanes of at least 4 members (excludes halogenated alkanes) is 22. The summed E-state index contributed by atoms with van der Waals surface area (Å²) in [4.78, 5) is 5.01. The maximum Gasteiger partial charge on any atom is 0.136 e. The monoisotopic (exact) mass is 1000 g/mol. The molecule has 1 saturated heterocycles. The van der Waals surface area contributed by atoms with Crippen LogP contribution >= 0.6 is 0 Å². The first-order valence-corrected chi connectivity index (χ1v) is 30.4. The molecule has 73 heavy (non-hydrogen) atoms. The highest BCUT2D eigenvalue weighted by Crippen LogP contribution is 2.40. The molecule has 1 aliphatic heterocycles. The molecular weight excluding hydrogens is 897 g/mol. The van der Waals surface area contributed by atoms with Crippen LogP contribution in [-0.2, 0) is 0 Å². The lowest BCUT2D eigenvalue weighted by atomic mass is 10.00. The Morgan fingerprint density at radius 3 is 1.18 bits per heavy atom. The lowest BCUT2D eigenvalue weighted by molar-refractivity contribution is 0.272. The average Bonchev–Trinajstić information content (AvgIpc) is 3.84. The van der Waals surface area contributed by atoms with Crippen LogP contribution in [0.5, 0.6) is 23.0 Å². The smallest absolute Gasteiger partial charge is 0.136 e. The summed E-state index contributed by atoms with van der Waals surface area (Å²) >= 11 is 0. The molecule has 3 aromatic rings. The fourth-order valence-corrected chi connectivity index (χ4v) is 9.83. The number of rotatable bonds is 40. The lowest BCUT2D eigenvalue weighted by Crippen LogP contribution is -2.25. The van der Waals surface area contributed by atoms with Crippen molar-refractivity contribution in [2.45, 2.75) is 240 Å². The molecule has 1 heterocycles. The minimum absolute atomic E-state index is 0.296. The van der Waals surface area contributed by atoms with Gasteiger partial charge in [0.1, 0.15) is 23.0 Å². The van der Waals surface area contributed by atoms with Crippen LogP contribution in [0, 0.1) is 23.7 Å². The minimum atomic E-state index is 0.296. The SMILES string of the molecule is CCCCCCCCOc1cc(C#Cc2cc(OCCCCCCCC)c(C3CCCN3C)cc2OCCCCCCCC)c(OCCCCCCCC)cc1C#Cc1ccc(N(CCCC)CCCC)cc1. The molecule has 0 N–H and O–H groups in total. The molecule has 0 aliphatic carbocycles. The molecule has 0 bridgehead atoms. The Morgan fingerprint density at radius 1 is 0.425 bits per heavy atom. The fourth-order valence-electron chi connectivity index (χ4n) is 9.83. The number of anilines is 1. The van der Waals surface area contributed by atoms with Crippen molar-refractivity contribution in [3.63, 3.8) is 0 Å². The Morgan fingerprint density at radius 2 is 0.781 bits per heavy atom. The second kappa shape index (κ2) is 39.2. The van der Waals surface area contributed by atoms with E-state index in [-0.39, 0.29) is 0 Å². The zero-order chi connectivity index (χ0) is 52.0. The molecule has 0 saturated carbocycles. The van der Waals surface area contributed by atoms with Gasteiger partial charge in [-0.3, -0.25) is 4.90 Å². The van der Waals surface area contributed by atoms with Gasteiger partial charge in [-0.15, -0.1) is 0 Å². The van der Waals surface area contributed by atoms with Gasteiger partial charge in [-0.05, 0) is 101 Å². The lowest BCUT2D eigenvalue weighted by Gasteiger charge is -2.24. The molecule has 6 heteroatoms. The molecule has 0 radical (unpaired) electrons. The van der Waals surface area contributed by atoms with Crippen molar-refractivity contribution >= 4 is 5.69 Å². The molecule has 3 aromatic carbocycles. The van der Waals surface area contributed by atoms with Gasteiger partial charge in [0, 0.05) is 48.1 Å². The van der Waals surface area contributed by atoms with E-state index in [2.05, 4.69) is 131 Å². The third-order valence-electron chi connectivity index (χ3n) is 14.6. The second-order valence-electron chi connectivity index (χ2n) is 21.1. The van der Waals surface area contributed by atoms with Crippen LogP contribution in [0.3, 0.4) is 0 Å². The summed E-state index contributed by atoms with van der Waals surface area (Å²) in [5.74, 6) is 17.7. The molecule has 1 fully saturated rings. The summed E-state index contributed by atoms with van der Waals surface area (Å²) < 4.78 is 27.0. The summed E-state index contributed by atoms with van der Waals surface area (Å²) in [5, 5.41) is 0. The van der Waals surface area contributed by atoms with E-state index < -0.39 is 0 Å². The van der Waals surface area contributed by atoms with Crippen molar-refractivity contribution < 1.29 is 18.9 Å². The summed E-state index contributed by atoms with van der Waals surface area (Å²) in [6.45, 7) is 19.6. The molecule has 0 amide bonds. The Kier molecular flexibility index (Phi) is 32.9. The van der Waals surface area contributed by atoms with Crippen molar-refractivity contribution in [3.8, 4) is 46.7 Å². The van der Waals surface area contributed by atoms with Gasteiger partial charge in [0.25, 0.3) is 0 Å². The Balaban J connectivity index is 1.78. The van der Waals surface area contributed by atoms with E-state index in [1.54, 1.807) is 0 Å².